The molecule has 1 aliphatic heterocycles. The third-order valence-electron chi connectivity index (χ3n) is 4.70. The van der Waals surface area contributed by atoms with Gasteiger partial charge in [0.1, 0.15) is 10.7 Å². The minimum Gasteiger partial charge on any atom is -0.377 e. The highest BCUT2D eigenvalue weighted by atomic mass is 35.5. The van der Waals surface area contributed by atoms with Gasteiger partial charge in [-0.15, -0.1) is 0 Å². The lowest BCUT2D eigenvalue weighted by molar-refractivity contribution is 0.0783. The second-order valence-electron chi connectivity index (χ2n) is 6.88. The molecule has 0 aromatic heterocycles. The standard InChI is InChI=1S/C20H22ClFN2O4S/c1-24(13-15-5-2-3-7-18(15)22)20(25)14-8-9-17(21)19(11-14)29(26,27)23-12-16-6-4-10-28-16/h2-3,5,7-9,11,16,23H,4,6,10,12-13H2,1H3. The molecule has 1 atom stereocenters. The molecule has 29 heavy (non-hydrogen) atoms. The molecule has 0 spiro atoms. The fourth-order valence-electron chi connectivity index (χ4n) is 3.10. The van der Waals surface area contributed by atoms with Crippen LogP contribution in [0.5, 0.6) is 0 Å². The Hall–Kier alpha value is -2.00. The topological polar surface area (TPSA) is 75.7 Å². The number of hydrogen-bond acceptors (Lipinski definition) is 4. The van der Waals surface area contributed by atoms with Crippen molar-refractivity contribution in [2.75, 3.05) is 20.2 Å². The molecule has 0 radical (unpaired) electrons. The van der Waals surface area contributed by atoms with E-state index in [1.807, 2.05) is 0 Å². The zero-order valence-corrected chi connectivity index (χ0v) is 17.5. The van der Waals surface area contributed by atoms with Crippen LogP contribution < -0.4 is 4.72 Å². The first kappa shape index (κ1) is 21.7. The van der Waals surface area contributed by atoms with Gasteiger partial charge >= 0.3 is 0 Å². The first-order valence-electron chi connectivity index (χ1n) is 9.17. The molecule has 9 heteroatoms. The average molecular weight is 441 g/mol. The second-order valence-corrected chi connectivity index (χ2v) is 9.03. The molecule has 1 fully saturated rings. The Kier molecular flexibility index (Phi) is 6.89. The van der Waals surface area contributed by atoms with Crippen molar-refractivity contribution in [3.05, 3.63) is 64.4 Å². The normalized spacial score (nSPS) is 16.7. The Morgan fingerprint density at radius 3 is 2.76 bits per heavy atom. The molecule has 3 rings (SSSR count). The fraction of sp³-hybridized carbons (Fsp3) is 0.350. The van der Waals surface area contributed by atoms with Crippen molar-refractivity contribution in [1.29, 1.82) is 0 Å². The van der Waals surface area contributed by atoms with E-state index < -0.39 is 21.7 Å². The van der Waals surface area contributed by atoms with Crippen LogP contribution in [0, 0.1) is 5.82 Å². The molecule has 156 valence electrons. The van der Waals surface area contributed by atoms with E-state index in [2.05, 4.69) is 4.72 Å². The van der Waals surface area contributed by atoms with Crippen molar-refractivity contribution in [2.45, 2.75) is 30.4 Å². The van der Waals surface area contributed by atoms with Crippen LogP contribution in [0.2, 0.25) is 5.02 Å². The van der Waals surface area contributed by atoms with Crippen molar-refractivity contribution in [1.82, 2.24) is 9.62 Å². The molecule has 1 N–H and O–H groups in total. The molecule has 1 heterocycles. The number of halogens is 2. The second kappa shape index (κ2) is 9.21. The lowest BCUT2D eigenvalue weighted by Crippen LogP contribution is -2.32. The lowest BCUT2D eigenvalue weighted by Gasteiger charge is -2.19. The third-order valence-corrected chi connectivity index (χ3v) is 6.61. The summed E-state index contributed by atoms with van der Waals surface area (Å²) >= 11 is 6.09. The van der Waals surface area contributed by atoms with E-state index in [4.69, 9.17) is 16.3 Å². The van der Waals surface area contributed by atoms with E-state index in [1.165, 1.54) is 36.2 Å². The summed E-state index contributed by atoms with van der Waals surface area (Å²) < 4.78 is 47.1. The molecule has 0 bridgehead atoms. The number of hydrogen-bond donors (Lipinski definition) is 1. The molecule has 1 unspecified atom stereocenters. The molecule has 6 nitrogen and oxygen atoms in total. The van der Waals surface area contributed by atoms with Crippen LogP contribution in [0.25, 0.3) is 0 Å². The van der Waals surface area contributed by atoms with E-state index in [-0.39, 0.29) is 34.7 Å². The highest BCUT2D eigenvalue weighted by molar-refractivity contribution is 7.89. The van der Waals surface area contributed by atoms with Gasteiger partial charge in [0.25, 0.3) is 5.91 Å². The van der Waals surface area contributed by atoms with E-state index in [0.717, 1.165) is 12.8 Å². The third kappa shape index (κ3) is 5.33. The summed E-state index contributed by atoms with van der Waals surface area (Å²) in [7, 11) is -2.40. The number of carbonyl (C=O) groups is 1. The van der Waals surface area contributed by atoms with Crippen LogP contribution in [-0.2, 0) is 21.3 Å². The molecule has 0 aliphatic carbocycles. The summed E-state index contributed by atoms with van der Waals surface area (Å²) in [5.41, 5.74) is 0.508. The summed E-state index contributed by atoms with van der Waals surface area (Å²) in [5.74, 6) is -0.856. The van der Waals surface area contributed by atoms with E-state index in [1.54, 1.807) is 18.2 Å². The van der Waals surface area contributed by atoms with Crippen LogP contribution in [0.4, 0.5) is 4.39 Å². The SMILES string of the molecule is CN(Cc1ccccc1F)C(=O)c1ccc(Cl)c(S(=O)(=O)NCC2CCCO2)c1. The molecule has 1 aliphatic rings. The molecule has 1 amide bonds. The molecule has 0 saturated carbocycles. The van der Waals surface area contributed by atoms with Gasteiger partial charge < -0.3 is 9.64 Å². The number of nitrogens with zero attached hydrogens (tertiary/aromatic N) is 1. The number of sulfonamides is 1. The smallest absolute Gasteiger partial charge is 0.253 e. The van der Waals surface area contributed by atoms with Crippen LogP contribution in [0.3, 0.4) is 0 Å². The van der Waals surface area contributed by atoms with Crippen LogP contribution in [0.1, 0.15) is 28.8 Å². The molecular weight excluding hydrogens is 419 g/mol. The molecule has 1 saturated heterocycles. The monoisotopic (exact) mass is 440 g/mol. The Morgan fingerprint density at radius 2 is 2.07 bits per heavy atom. The van der Waals surface area contributed by atoms with Crippen molar-refractivity contribution >= 4 is 27.5 Å². The minimum atomic E-state index is -3.92. The first-order chi connectivity index (χ1) is 13.8. The number of amides is 1. The molecule has 2 aromatic rings. The summed E-state index contributed by atoms with van der Waals surface area (Å²) in [4.78, 5) is 13.9. The van der Waals surface area contributed by atoms with E-state index in [9.17, 15) is 17.6 Å². The maximum absolute atomic E-state index is 13.8. The lowest BCUT2D eigenvalue weighted by atomic mass is 10.1. The van der Waals surface area contributed by atoms with Crippen LogP contribution in [0.15, 0.2) is 47.4 Å². The number of ether oxygens (including phenoxy) is 1. The summed E-state index contributed by atoms with van der Waals surface area (Å²) in [5, 5.41) is 0.0122. The summed E-state index contributed by atoms with van der Waals surface area (Å²) in [6.45, 7) is 0.809. The van der Waals surface area contributed by atoms with Gasteiger partial charge in [-0.1, -0.05) is 29.8 Å². The predicted molar refractivity (Wildman–Crippen MR) is 108 cm³/mol. The van der Waals surface area contributed by atoms with Crippen molar-refractivity contribution in [3.63, 3.8) is 0 Å². The molecular formula is C20H22ClFN2O4S. The largest absolute Gasteiger partial charge is 0.377 e. The van der Waals surface area contributed by atoms with Crippen molar-refractivity contribution in [2.24, 2.45) is 0 Å². The average Bonchev–Trinajstić information content (AvgIpc) is 3.21. The maximum Gasteiger partial charge on any atom is 0.253 e. The van der Waals surface area contributed by atoms with Gasteiger partial charge in [-0.2, -0.15) is 0 Å². The fourth-order valence-corrected chi connectivity index (χ4v) is 4.69. The number of benzene rings is 2. The highest BCUT2D eigenvalue weighted by Crippen LogP contribution is 2.24. The number of rotatable bonds is 7. The van der Waals surface area contributed by atoms with Crippen molar-refractivity contribution < 1.29 is 22.3 Å². The van der Waals surface area contributed by atoms with Gasteiger partial charge in [-0.3, -0.25) is 4.79 Å². The van der Waals surface area contributed by atoms with Crippen LogP contribution in [-0.4, -0.2) is 45.5 Å². The van der Waals surface area contributed by atoms with Crippen LogP contribution >= 0.6 is 11.6 Å². The van der Waals surface area contributed by atoms with Gasteiger partial charge in [-0.05, 0) is 37.1 Å². The Morgan fingerprint density at radius 1 is 1.31 bits per heavy atom. The van der Waals surface area contributed by atoms with Gasteiger partial charge in [0.2, 0.25) is 10.0 Å². The van der Waals surface area contributed by atoms with Gasteiger partial charge in [0.15, 0.2) is 0 Å². The quantitative estimate of drug-likeness (QED) is 0.717. The minimum absolute atomic E-state index is 0.0122. The Bertz CT molecular complexity index is 994. The van der Waals surface area contributed by atoms with Gasteiger partial charge in [0, 0.05) is 37.9 Å². The summed E-state index contributed by atoms with van der Waals surface area (Å²) in [6, 6.07) is 10.2. The van der Waals surface area contributed by atoms with Gasteiger partial charge in [0.05, 0.1) is 11.1 Å². The predicted octanol–water partition coefficient (Wildman–Crippen LogP) is 3.21. The van der Waals surface area contributed by atoms with E-state index in [0.29, 0.717) is 12.2 Å². The zero-order chi connectivity index (χ0) is 21.0. The van der Waals surface area contributed by atoms with E-state index >= 15 is 0 Å². The Balaban J connectivity index is 1.76. The maximum atomic E-state index is 13.8. The molecule has 2 aromatic carbocycles. The summed E-state index contributed by atoms with van der Waals surface area (Å²) in [6.07, 6.45) is 1.52. The number of nitrogens with one attached hydrogen (secondary N) is 1. The first-order valence-corrected chi connectivity index (χ1v) is 11.0. The van der Waals surface area contributed by atoms with Crippen molar-refractivity contribution in [3.8, 4) is 0 Å². The van der Waals surface area contributed by atoms with Gasteiger partial charge in [-0.25, -0.2) is 17.5 Å². The number of carbonyl (C=O) groups excluding carboxylic acids is 1. The highest BCUT2D eigenvalue weighted by Gasteiger charge is 2.24. The Labute approximate surface area is 174 Å². The zero-order valence-electron chi connectivity index (χ0n) is 15.9.